The van der Waals surface area contributed by atoms with Crippen molar-refractivity contribution in [2.45, 2.75) is 6.92 Å². The van der Waals surface area contributed by atoms with Gasteiger partial charge in [0.15, 0.2) is 0 Å². The van der Waals surface area contributed by atoms with E-state index < -0.39 is 17.9 Å². The van der Waals surface area contributed by atoms with Crippen molar-refractivity contribution in [3.63, 3.8) is 0 Å². The monoisotopic (exact) mass is 250 g/mol. The molecule has 0 aromatic heterocycles. The van der Waals surface area contributed by atoms with Gasteiger partial charge >= 0.3 is 7.12 Å². The van der Waals surface area contributed by atoms with Crippen molar-refractivity contribution in [3.8, 4) is 0 Å². The average molecular weight is 250 g/mol. The SMILES string of the molecule is C=CC(=O)NOB(O)c1ccc(C)c([N+](=O)[O-])c1. The van der Waals surface area contributed by atoms with Gasteiger partial charge in [0.25, 0.3) is 11.6 Å². The maximum atomic E-state index is 10.8. The summed E-state index contributed by atoms with van der Waals surface area (Å²) in [5.41, 5.74) is 2.41. The van der Waals surface area contributed by atoms with Gasteiger partial charge in [0.05, 0.1) is 4.92 Å². The van der Waals surface area contributed by atoms with E-state index in [1.165, 1.54) is 18.2 Å². The molecule has 1 amide bonds. The second-order valence-corrected chi connectivity index (χ2v) is 3.44. The van der Waals surface area contributed by atoms with Crippen molar-refractivity contribution >= 4 is 24.2 Å². The third-order valence-corrected chi connectivity index (χ3v) is 2.17. The zero-order valence-electron chi connectivity index (χ0n) is 9.62. The minimum atomic E-state index is -1.49. The number of hydrogen-bond acceptors (Lipinski definition) is 5. The van der Waals surface area contributed by atoms with E-state index in [4.69, 9.17) is 0 Å². The highest BCUT2D eigenvalue weighted by Crippen LogP contribution is 2.14. The minimum Gasteiger partial charge on any atom is -0.422 e. The third-order valence-electron chi connectivity index (χ3n) is 2.17. The molecule has 0 fully saturated rings. The lowest BCUT2D eigenvalue weighted by molar-refractivity contribution is -0.385. The molecule has 0 atom stereocenters. The van der Waals surface area contributed by atoms with E-state index in [1.54, 1.807) is 6.92 Å². The minimum absolute atomic E-state index is 0.134. The Morgan fingerprint density at radius 1 is 1.67 bits per heavy atom. The zero-order valence-corrected chi connectivity index (χ0v) is 9.62. The van der Waals surface area contributed by atoms with Crippen LogP contribution in [0.5, 0.6) is 0 Å². The summed E-state index contributed by atoms with van der Waals surface area (Å²) < 4.78 is 4.62. The van der Waals surface area contributed by atoms with Gasteiger partial charge < -0.3 is 5.02 Å². The lowest BCUT2D eigenvalue weighted by Gasteiger charge is -2.08. The number of nitrogens with zero attached hydrogens (tertiary/aromatic N) is 1. The van der Waals surface area contributed by atoms with Gasteiger partial charge in [-0.1, -0.05) is 18.7 Å². The highest BCUT2D eigenvalue weighted by Gasteiger charge is 2.21. The zero-order chi connectivity index (χ0) is 13.7. The van der Waals surface area contributed by atoms with Crippen molar-refractivity contribution in [2.24, 2.45) is 0 Å². The van der Waals surface area contributed by atoms with Crippen molar-refractivity contribution in [1.82, 2.24) is 5.48 Å². The molecule has 0 aliphatic rings. The Morgan fingerprint density at radius 3 is 2.89 bits per heavy atom. The van der Waals surface area contributed by atoms with Gasteiger partial charge in [-0.3, -0.25) is 19.7 Å². The fourth-order valence-electron chi connectivity index (χ4n) is 1.20. The normalized spacial score (nSPS) is 9.67. The molecule has 18 heavy (non-hydrogen) atoms. The molecule has 0 heterocycles. The Morgan fingerprint density at radius 2 is 2.33 bits per heavy atom. The van der Waals surface area contributed by atoms with Crippen LogP contribution in [-0.4, -0.2) is 23.0 Å². The summed E-state index contributed by atoms with van der Waals surface area (Å²) in [5.74, 6) is -0.629. The van der Waals surface area contributed by atoms with Crippen LogP contribution in [0, 0.1) is 17.0 Å². The molecule has 0 bridgehead atoms. The van der Waals surface area contributed by atoms with Crippen LogP contribution in [0.2, 0.25) is 0 Å². The van der Waals surface area contributed by atoms with Crippen LogP contribution in [0.4, 0.5) is 5.69 Å². The summed E-state index contributed by atoms with van der Waals surface area (Å²) in [7, 11) is -1.49. The number of amides is 1. The molecule has 0 spiro atoms. The molecule has 94 valence electrons. The van der Waals surface area contributed by atoms with Crippen molar-refractivity contribution in [3.05, 3.63) is 46.5 Å². The Labute approximate surface area is 103 Å². The molecule has 0 saturated heterocycles. The number of carbonyl (C=O) groups is 1. The molecule has 2 N–H and O–H groups in total. The van der Waals surface area contributed by atoms with Crippen LogP contribution in [0.1, 0.15) is 5.56 Å². The summed E-state index contributed by atoms with van der Waals surface area (Å²) in [6, 6.07) is 4.13. The third kappa shape index (κ3) is 3.40. The lowest BCUT2D eigenvalue weighted by atomic mass is 9.79. The molecule has 0 aliphatic heterocycles. The number of nitrogens with one attached hydrogen (secondary N) is 1. The summed E-state index contributed by atoms with van der Waals surface area (Å²) in [5, 5.41) is 20.3. The molecule has 7 nitrogen and oxygen atoms in total. The van der Waals surface area contributed by atoms with E-state index in [0.717, 1.165) is 6.08 Å². The predicted octanol–water partition coefficient (Wildman–Crippen LogP) is -0.175. The average Bonchev–Trinajstić information content (AvgIpc) is 2.35. The number of nitro benzene ring substituents is 1. The standard InChI is InChI=1S/C10H11BN2O5/c1-3-10(14)12-18-11(15)8-5-4-7(2)9(6-8)13(16)17/h3-6,15H,1H2,2H3,(H,12,14). The number of rotatable bonds is 5. The fraction of sp³-hybridized carbons (Fsp3) is 0.100. The predicted molar refractivity (Wildman–Crippen MR) is 64.9 cm³/mol. The van der Waals surface area contributed by atoms with E-state index in [0.29, 0.717) is 5.56 Å². The van der Waals surface area contributed by atoms with Gasteiger partial charge in [-0.15, -0.1) is 0 Å². The lowest BCUT2D eigenvalue weighted by Crippen LogP contribution is -2.40. The first-order valence-electron chi connectivity index (χ1n) is 4.96. The molecule has 1 aromatic carbocycles. The molecule has 1 rings (SSSR count). The summed E-state index contributed by atoms with van der Waals surface area (Å²) in [6.45, 7) is 4.78. The first-order chi connectivity index (χ1) is 8.45. The van der Waals surface area contributed by atoms with Gasteiger partial charge in [-0.2, -0.15) is 0 Å². The van der Waals surface area contributed by atoms with E-state index in [2.05, 4.69) is 11.3 Å². The second-order valence-electron chi connectivity index (χ2n) is 3.44. The van der Waals surface area contributed by atoms with Crippen molar-refractivity contribution in [2.75, 3.05) is 0 Å². The number of hydrogen-bond donors (Lipinski definition) is 2. The van der Waals surface area contributed by atoms with Crippen LogP contribution in [0.25, 0.3) is 0 Å². The first-order valence-corrected chi connectivity index (χ1v) is 4.96. The van der Waals surface area contributed by atoms with Gasteiger partial charge in [0.2, 0.25) is 0 Å². The smallest absolute Gasteiger partial charge is 0.422 e. The van der Waals surface area contributed by atoms with E-state index in [-0.39, 0.29) is 11.2 Å². The Bertz CT molecular complexity index is 491. The van der Waals surface area contributed by atoms with Crippen LogP contribution < -0.4 is 10.9 Å². The first kappa shape index (κ1) is 13.9. The summed E-state index contributed by atoms with van der Waals surface area (Å²) in [6.07, 6.45) is 0.963. The van der Waals surface area contributed by atoms with E-state index >= 15 is 0 Å². The molecule has 1 aromatic rings. The maximum Gasteiger partial charge on any atom is 0.514 e. The Kier molecular flexibility index (Phi) is 4.58. The van der Waals surface area contributed by atoms with Crippen LogP contribution in [0.3, 0.4) is 0 Å². The van der Waals surface area contributed by atoms with E-state index in [1.807, 2.05) is 5.48 Å². The van der Waals surface area contributed by atoms with Gasteiger partial charge in [0, 0.05) is 11.6 Å². The summed E-state index contributed by atoms with van der Waals surface area (Å²) >= 11 is 0. The number of aryl methyl sites for hydroxylation is 1. The van der Waals surface area contributed by atoms with Gasteiger partial charge in [-0.05, 0) is 18.5 Å². The quantitative estimate of drug-likeness (QED) is 0.327. The molecule has 0 saturated carbocycles. The van der Waals surface area contributed by atoms with Crippen molar-refractivity contribution in [1.29, 1.82) is 0 Å². The Balaban J connectivity index is 2.83. The highest BCUT2D eigenvalue weighted by atomic mass is 16.7. The van der Waals surface area contributed by atoms with Crippen LogP contribution in [0.15, 0.2) is 30.9 Å². The maximum absolute atomic E-state index is 10.8. The Hall–Kier alpha value is -2.19. The fourth-order valence-corrected chi connectivity index (χ4v) is 1.20. The number of nitro groups is 1. The van der Waals surface area contributed by atoms with Gasteiger partial charge in [0.1, 0.15) is 0 Å². The number of hydroxylamine groups is 1. The largest absolute Gasteiger partial charge is 0.514 e. The summed E-state index contributed by atoms with van der Waals surface area (Å²) in [4.78, 5) is 21.0. The number of benzene rings is 1. The van der Waals surface area contributed by atoms with Crippen LogP contribution in [-0.2, 0) is 9.55 Å². The number of carbonyl (C=O) groups excluding carboxylic acids is 1. The highest BCUT2D eigenvalue weighted by molar-refractivity contribution is 6.60. The molecule has 0 unspecified atom stereocenters. The van der Waals surface area contributed by atoms with Crippen LogP contribution >= 0.6 is 0 Å². The molecule has 0 aliphatic carbocycles. The van der Waals surface area contributed by atoms with Gasteiger partial charge in [-0.25, -0.2) is 5.48 Å². The van der Waals surface area contributed by atoms with Crippen molar-refractivity contribution < 1.29 is 19.5 Å². The van der Waals surface area contributed by atoms with E-state index in [9.17, 15) is 19.9 Å². The molecular weight excluding hydrogens is 239 g/mol. The second kappa shape index (κ2) is 5.94. The molecular formula is C10H11BN2O5. The topological polar surface area (TPSA) is 102 Å². The molecule has 0 radical (unpaired) electrons. The molecule has 8 heteroatoms.